The number of amides is 1. The molecule has 2 saturated heterocycles. The number of hydrogen-bond donors (Lipinski definition) is 2. The molecule has 2 fully saturated rings. The van der Waals surface area contributed by atoms with E-state index in [1.165, 1.54) is 32.1 Å². The molecule has 2 aliphatic heterocycles. The highest BCUT2D eigenvalue weighted by Gasteiger charge is 2.39. The van der Waals surface area contributed by atoms with Crippen LogP contribution in [-0.4, -0.2) is 41.7 Å². The minimum absolute atomic E-state index is 0.00624. The van der Waals surface area contributed by atoms with E-state index in [2.05, 4.69) is 29.3 Å². The van der Waals surface area contributed by atoms with Crippen molar-refractivity contribution in [1.29, 1.82) is 0 Å². The lowest BCUT2D eigenvalue weighted by molar-refractivity contribution is -0.276. The number of nitrogens with one attached hydrogen (secondary N) is 1. The summed E-state index contributed by atoms with van der Waals surface area (Å²) in [4.78, 5) is 15.3. The predicted molar refractivity (Wildman–Crippen MR) is 153 cm³/mol. The quantitative estimate of drug-likeness (QED) is 0.367. The molecule has 0 aliphatic carbocycles. The van der Waals surface area contributed by atoms with Crippen LogP contribution in [0.25, 0.3) is 0 Å². The number of anilines is 1. The largest absolute Gasteiger partial charge is 0.392 e. The first-order chi connectivity index (χ1) is 19.1. The van der Waals surface area contributed by atoms with Crippen LogP contribution in [-0.2, 0) is 16.1 Å². The third kappa shape index (κ3) is 7.14. The first-order valence-electron chi connectivity index (χ1n) is 14.3. The van der Waals surface area contributed by atoms with Crippen LogP contribution in [0.4, 0.5) is 5.69 Å². The second-order valence-electron chi connectivity index (χ2n) is 10.8. The SMILES string of the molecule is CC1C(CN2CCCCCCC2)OC(c2cccc(NC(=O)c3ccccc3)c2)OC1c1ccc(CO)cc1. The van der Waals surface area contributed by atoms with Gasteiger partial charge < -0.3 is 24.8 Å². The van der Waals surface area contributed by atoms with Crippen LogP contribution in [0, 0.1) is 5.92 Å². The summed E-state index contributed by atoms with van der Waals surface area (Å²) in [5.74, 6) is -0.00343. The molecule has 6 nitrogen and oxygen atoms in total. The van der Waals surface area contributed by atoms with Gasteiger partial charge in [-0.2, -0.15) is 0 Å². The summed E-state index contributed by atoms with van der Waals surface area (Å²) in [7, 11) is 0. The monoisotopic (exact) mass is 528 g/mol. The number of ether oxygens (including phenoxy) is 2. The van der Waals surface area contributed by atoms with Gasteiger partial charge in [-0.15, -0.1) is 0 Å². The lowest BCUT2D eigenvalue weighted by Crippen LogP contribution is -2.45. The number of benzene rings is 3. The van der Waals surface area contributed by atoms with Crippen LogP contribution in [0.3, 0.4) is 0 Å². The van der Waals surface area contributed by atoms with Gasteiger partial charge in [0.2, 0.25) is 0 Å². The molecule has 0 radical (unpaired) electrons. The summed E-state index contributed by atoms with van der Waals surface area (Å²) >= 11 is 0. The van der Waals surface area contributed by atoms with Crippen LogP contribution in [0.2, 0.25) is 0 Å². The molecule has 5 rings (SSSR count). The number of aliphatic hydroxyl groups is 1. The maximum atomic E-state index is 12.8. The Kier molecular flexibility index (Phi) is 9.43. The van der Waals surface area contributed by atoms with E-state index < -0.39 is 6.29 Å². The lowest BCUT2D eigenvalue weighted by Gasteiger charge is -2.43. The van der Waals surface area contributed by atoms with E-state index in [0.29, 0.717) is 11.3 Å². The fourth-order valence-corrected chi connectivity index (χ4v) is 5.63. The molecule has 3 aromatic carbocycles. The van der Waals surface area contributed by atoms with Gasteiger partial charge in [-0.25, -0.2) is 0 Å². The van der Waals surface area contributed by atoms with Crippen molar-refractivity contribution in [2.24, 2.45) is 5.92 Å². The van der Waals surface area contributed by atoms with E-state index in [9.17, 15) is 9.90 Å². The molecule has 4 unspecified atom stereocenters. The Hall–Kier alpha value is -3.03. The van der Waals surface area contributed by atoms with Crippen LogP contribution in [0.15, 0.2) is 78.9 Å². The Labute approximate surface area is 232 Å². The van der Waals surface area contributed by atoms with Crippen molar-refractivity contribution in [3.63, 3.8) is 0 Å². The van der Waals surface area contributed by atoms with E-state index in [0.717, 1.165) is 36.3 Å². The molecule has 0 bridgehead atoms. The van der Waals surface area contributed by atoms with Gasteiger partial charge in [-0.05, 0) is 61.3 Å². The van der Waals surface area contributed by atoms with E-state index in [1.54, 1.807) is 12.1 Å². The smallest absolute Gasteiger partial charge is 0.255 e. The van der Waals surface area contributed by atoms with Crippen molar-refractivity contribution in [3.05, 3.63) is 101 Å². The Morgan fingerprint density at radius 1 is 0.872 bits per heavy atom. The molecule has 2 N–H and O–H groups in total. The minimum Gasteiger partial charge on any atom is -0.392 e. The van der Waals surface area contributed by atoms with Crippen LogP contribution >= 0.6 is 0 Å². The summed E-state index contributed by atoms with van der Waals surface area (Å²) in [6, 6.07) is 25.0. The van der Waals surface area contributed by atoms with Gasteiger partial charge in [0.25, 0.3) is 5.91 Å². The average molecular weight is 529 g/mol. The molecule has 0 spiro atoms. The molecule has 206 valence electrons. The fraction of sp³-hybridized carbons (Fsp3) is 0.424. The summed E-state index contributed by atoms with van der Waals surface area (Å²) in [6.07, 6.45) is 5.68. The zero-order valence-corrected chi connectivity index (χ0v) is 22.8. The summed E-state index contributed by atoms with van der Waals surface area (Å²) < 4.78 is 13.3. The molecule has 2 heterocycles. The molecule has 4 atom stereocenters. The molecule has 6 heteroatoms. The third-order valence-corrected chi connectivity index (χ3v) is 7.96. The van der Waals surface area contributed by atoms with Crippen molar-refractivity contribution in [1.82, 2.24) is 4.90 Å². The molecule has 0 aromatic heterocycles. The van der Waals surface area contributed by atoms with Crippen molar-refractivity contribution in [3.8, 4) is 0 Å². The molecular weight excluding hydrogens is 488 g/mol. The van der Waals surface area contributed by atoms with Crippen molar-refractivity contribution in [2.45, 2.75) is 64.1 Å². The van der Waals surface area contributed by atoms with Crippen LogP contribution in [0.1, 0.15) is 78.5 Å². The molecule has 0 saturated carbocycles. The molecule has 1 amide bonds. The number of carbonyl (C=O) groups is 1. The van der Waals surface area contributed by atoms with Gasteiger partial charge in [0.15, 0.2) is 6.29 Å². The van der Waals surface area contributed by atoms with Crippen molar-refractivity contribution >= 4 is 11.6 Å². The van der Waals surface area contributed by atoms with Crippen molar-refractivity contribution in [2.75, 3.05) is 25.0 Å². The van der Waals surface area contributed by atoms with Gasteiger partial charge in [0, 0.05) is 29.3 Å². The summed E-state index contributed by atoms with van der Waals surface area (Å²) in [5.41, 5.74) is 4.16. The van der Waals surface area contributed by atoms with Gasteiger partial charge in [0.1, 0.15) is 0 Å². The first kappa shape index (κ1) is 27.5. The third-order valence-electron chi connectivity index (χ3n) is 7.96. The van der Waals surface area contributed by atoms with E-state index in [4.69, 9.17) is 9.47 Å². The average Bonchev–Trinajstić information content (AvgIpc) is 2.96. The Balaban J connectivity index is 1.38. The summed E-state index contributed by atoms with van der Waals surface area (Å²) in [5, 5.41) is 12.5. The number of rotatable bonds is 7. The first-order valence-corrected chi connectivity index (χ1v) is 14.3. The van der Waals surface area contributed by atoms with E-state index in [1.807, 2.05) is 54.6 Å². The van der Waals surface area contributed by atoms with E-state index >= 15 is 0 Å². The maximum Gasteiger partial charge on any atom is 0.255 e. The highest BCUT2D eigenvalue weighted by atomic mass is 16.7. The van der Waals surface area contributed by atoms with Gasteiger partial charge >= 0.3 is 0 Å². The summed E-state index contributed by atoms with van der Waals surface area (Å²) in [6.45, 7) is 5.32. The lowest BCUT2D eigenvalue weighted by atomic mass is 9.89. The molecule has 39 heavy (non-hydrogen) atoms. The Bertz CT molecular complexity index is 1190. The predicted octanol–water partition coefficient (Wildman–Crippen LogP) is 6.49. The Morgan fingerprint density at radius 3 is 2.31 bits per heavy atom. The molecular formula is C33H40N2O4. The van der Waals surface area contributed by atoms with Gasteiger partial charge in [-0.1, -0.05) is 80.8 Å². The highest BCUT2D eigenvalue weighted by Crippen LogP contribution is 2.42. The standard InChI is InChI=1S/C33H40N2O4/c1-24-30(22-35-19-8-3-2-4-9-20-35)38-33(39-31(24)26-17-15-25(23-36)16-18-26)28-13-10-14-29(21-28)34-32(37)27-11-6-5-7-12-27/h5-7,10-18,21,24,30-31,33,36H,2-4,8-9,19-20,22-23H2,1H3,(H,34,37). The molecule has 3 aromatic rings. The van der Waals surface area contributed by atoms with Gasteiger partial charge in [-0.3, -0.25) is 4.79 Å². The maximum absolute atomic E-state index is 12.8. The number of nitrogens with zero attached hydrogens (tertiary/aromatic N) is 1. The molecule has 2 aliphatic rings. The zero-order valence-electron chi connectivity index (χ0n) is 22.8. The number of likely N-dealkylation sites (tertiary alicyclic amines) is 1. The normalized spacial score (nSPS) is 24.5. The van der Waals surface area contributed by atoms with Crippen LogP contribution < -0.4 is 5.32 Å². The van der Waals surface area contributed by atoms with Crippen LogP contribution in [0.5, 0.6) is 0 Å². The number of carbonyl (C=O) groups excluding carboxylic acids is 1. The number of aliphatic hydroxyl groups excluding tert-OH is 1. The highest BCUT2D eigenvalue weighted by molar-refractivity contribution is 6.04. The second-order valence-corrected chi connectivity index (χ2v) is 10.8. The Morgan fingerprint density at radius 2 is 1.59 bits per heavy atom. The fourth-order valence-electron chi connectivity index (χ4n) is 5.63. The topological polar surface area (TPSA) is 71.0 Å². The second kappa shape index (κ2) is 13.4. The zero-order chi connectivity index (χ0) is 27.0. The van der Waals surface area contributed by atoms with E-state index in [-0.39, 0.29) is 30.6 Å². The minimum atomic E-state index is -0.558. The number of hydrogen-bond acceptors (Lipinski definition) is 5. The van der Waals surface area contributed by atoms with Crippen molar-refractivity contribution < 1.29 is 19.4 Å². The van der Waals surface area contributed by atoms with Gasteiger partial charge in [0.05, 0.1) is 18.8 Å².